The summed E-state index contributed by atoms with van der Waals surface area (Å²) in [6, 6.07) is 7.30. The largest absolute Gasteiger partial charge is 0.340 e. The number of amides is 1. The van der Waals surface area contributed by atoms with E-state index < -0.39 is 0 Å². The molecule has 2 aromatic rings. The van der Waals surface area contributed by atoms with Gasteiger partial charge in [0.15, 0.2) is 0 Å². The van der Waals surface area contributed by atoms with E-state index in [9.17, 15) is 4.79 Å². The highest BCUT2D eigenvalue weighted by molar-refractivity contribution is 6.29. The normalized spacial score (nSPS) is 19.1. The third kappa shape index (κ3) is 3.27. The van der Waals surface area contributed by atoms with Gasteiger partial charge >= 0.3 is 0 Å². The van der Waals surface area contributed by atoms with Gasteiger partial charge in [0, 0.05) is 36.1 Å². The molecule has 0 saturated carbocycles. The number of likely N-dealkylation sites (tertiary alicyclic amines) is 1. The Kier molecular flexibility index (Phi) is 4.29. The minimum atomic E-state index is -0.175. The molecule has 1 aliphatic heterocycles. The predicted octanol–water partition coefficient (Wildman–Crippen LogP) is 3.25. The predicted molar refractivity (Wildman–Crippen MR) is 93.7 cm³/mol. The van der Waals surface area contributed by atoms with E-state index >= 15 is 0 Å². The minimum Gasteiger partial charge on any atom is -0.340 e. The number of aromatic nitrogens is 2. The van der Waals surface area contributed by atoms with Gasteiger partial charge in [0.1, 0.15) is 5.15 Å². The second kappa shape index (κ2) is 6.26. The highest BCUT2D eigenvalue weighted by Crippen LogP contribution is 2.37. The molecular weight excluding hydrogens is 322 g/mol. The lowest BCUT2D eigenvalue weighted by atomic mass is 9.93. The van der Waals surface area contributed by atoms with Crippen LogP contribution in [0.25, 0.3) is 0 Å². The summed E-state index contributed by atoms with van der Waals surface area (Å²) in [5.41, 5.74) is 2.26. The Bertz CT molecular complexity index is 834. The van der Waals surface area contributed by atoms with Gasteiger partial charge in [0.05, 0.1) is 11.6 Å². The third-order valence-electron chi connectivity index (χ3n) is 4.46. The molecule has 0 radical (unpaired) electrons. The molecule has 0 spiro atoms. The van der Waals surface area contributed by atoms with Gasteiger partial charge in [0.2, 0.25) is 5.91 Å². The van der Waals surface area contributed by atoms with E-state index in [1.807, 2.05) is 19.2 Å². The summed E-state index contributed by atoms with van der Waals surface area (Å²) >= 11 is 5.84. The quantitative estimate of drug-likeness (QED) is 0.592. The van der Waals surface area contributed by atoms with Crippen molar-refractivity contribution in [3.63, 3.8) is 0 Å². The molecule has 2 aromatic heterocycles. The first-order chi connectivity index (χ1) is 11.4. The summed E-state index contributed by atoms with van der Waals surface area (Å²) in [6.45, 7) is 4.15. The van der Waals surface area contributed by atoms with Crippen molar-refractivity contribution in [3.8, 4) is 11.8 Å². The molecule has 1 saturated heterocycles. The van der Waals surface area contributed by atoms with Crippen molar-refractivity contribution in [1.82, 2.24) is 14.9 Å². The van der Waals surface area contributed by atoms with Crippen molar-refractivity contribution in [3.05, 3.63) is 58.6 Å². The molecule has 0 aliphatic carbocycles. The standard InChI is InChI=1S/C19H18ClN3O/c1-19(2)11-15(18(24)23(19)3)16-7-6-14(12-22-16)5-4-13-8-9-21-17(20)10-13/h6-10,12,15H,11H2,1-3H3/t15-/m0/s1. The Balaban J connectivity index is 1.79. The maximum Gasteiger partial charge on any atom is 0.231 e. The summed E-state index contributed by atoms with van der Waals surface area (Å²) < 4.78 is 0. The van der Waals surface area contributed by atoms with Crippen LogP contribution in [-0.4, -0.2) is 33.4 Å². The Labute approximate surface area is 146 Å². The first kappa shape index (κ1) is 16.5. The molecule has 1 atom stereocenters. The summed E-state index contributed by atoms with van der Waals surface area (Å²) in [5, 5.41) is 0.418. The fraction of sp³-hybridized carbons (Fsp3) is 0.316. The average molecular weight is 340 g/mol. The number of pyridine rings is 2. The van der Waals surface area contributed by atoms with Crippen molar-refractivity contribution >= 4 is 17.5 Å². The zero-order valence-corrected chi connectivity index (χ0v) is 14.6. The van der Waals surface area contributed by atoms with Crippen LogP contribution in [0.4, 0.5) is 0 Å². The molecular formula is C19H18ClN3O. The van der Waals surface area contributed by atoms with Crippen LogP contribution in [0.1, 0.15) is 43.0 Å². The number of rotatable bonds is 1. The van der Waals surface area contributed by atoms with E-state index in [0.717, 1.165) is 23.2 Å². The van der Waals surface area contributed by atoms with Gasteiger partial charge in [-0.05, 0) is 44.5 Å². The maximum atomic E-state index is 12.4. The molecule has 5 heteroatoms. The highest BCUT2D eigenvalue weighted by Gasteiger charge is 2.43. The number of hydrogen-bond acceptors (Lipinski definition) is 3. The van der Waals surface area contributed by atoms with Crippen molar-refractivity contribution in [1.29, 1.82) is 0 Å². The second-order valence-electron chi connectivity index (χ2n) is 6.56. The fourth-order valence-corrected chi connectivity index (χ4v) is 2.97. The van der Waals surface area contributed by atoms with Gasteiger partial charge in [-0.1, -0.05) is 23.4 Å². The van der Waals surface area contributed by atoms with E-state index in [-0.39, 0.29) is 17.4 Å². The first-order valence-electron chi connectivity index (χ1n) is 7.74. The van der Waals surface area contributed by atoms with E-state index in [2.05, 4.69) is 35.7 Å². The Hall–Kier alpha value is -2.38. The lowest BCUT2D eigenvalue weighted by Gasteiger charge is -2.26. The topological polar surface area (TPSA) is 46.1 Å². The van der Waals surface area contributed by atoms with Gasteiger partial charge < -0.3 is 4.90 Å². The highest BCUT2D eigenvalue weighted by atomic mass is 35.5. The van der Waals surface area contributed by atoms with Crippen molar-refractivity contribution < 1.29 is 4.79 Å². The monoisotopic (exact) mass is 339 g/mol. The lowest BCUT2D eigenvalue weighted by molar-refractivity contribution is -0.130. The number of carbonyl (C=O) groups excluding carboxylic acids is 1. The first-order valence-corrected chi connectivity index (χ1v) is 8.12. The zero-order valence-electron chi connectivity index (χ0n) is 13.9. The van der Waals surface area contributed by atoms with Gasteiger partial charge in [-0.3, -0.25) is 9.78 Å². The number of nitrogens with zero attached hydrogens (tertiary/aromatic N) is 3. The van der Waals surface area contributed by atoms with Crippen LogP contribution in [0.15, 0.2) is 36.7 Å². The molecule has 122 valence electrons. The van der Waals surface area contributed by atoms with Gasteiger partial charge in [-0.2, -0.15) is 0 Å². The summed E-state index contributed by atoms with van der Waals surface area (Å²) in [6.07, 6.45) is 4.11. The second-order valence-corrected chi connectivity index (χ2v) is 6.94. The molecule has 1 aliphatic rings. The molecule has 0 unspecified atom stereocenters. The molecule has 0 N–H and O–H groups in total. The minimum absolute atomic E-state index is 0.123. The van der Waals surface area contributed by atoms with E-state index in [0.29, 0.717) is 5.15 Å². The fourth-order valence-electron chi connectivity index (χ4n) is 2.80. The summed E-state index contributed by atoms with van der Waals surface area (Å²) in [7, 11) is 1.85. The summed E-state index contributed by atoms with van der Waals surface area (Å²) in [4.78, 5) is 22.6. The molecule has 3 rings (SSSR count). The van der Waals surface area contributed by atoms with E-state index in [1.165, 1.54) is 0 Å². The van der Waals surface area contributed by atoms with E-state index in [4.69, 9.17) is 11.6 Å². The number of likely N-dealkylation sites (N-methyl/N-ethyl adjacent to an activating group) is 1. The third-order valence-corrected chi connectivity index (χ3v) is 4.67. The number of carbonyl (C=O) groups is 1. The molecule has 1 fully saturated rings. The molecule has 3 heterocycles. The van der Waals surface area contributed by atoms with Gasteiger partial charge in [-0.25, -0.2) is 4.98 Å². The average Bonchev–Trinajstić information content (AvgIpc) is 2.77. The van der Waals surface area contributed by atoms with Gasteiger partial charge in [-0.15, -0.1) is 0 Å². The Morgan fingerprint density at radius 1 is 1.21 bits per heavy atom. The number of halogens is 1. The van der Waals surface area contributed by atoms with Crippen LogP contribution in [0.3, 0.4) is 0 Å². The smallest absolute Gasteiger partial charge is 0.231 e. The van der Waals surface area contributed by atoms with E-state index in [1.54, 1.807) is 29.4 Å². The zero-order chi connectivity index (χ0) is 17.3. The van der Waals surface area contributed by atoms with Crippen LogP contribution >= 0.6 is 11.6 Å². The molecule has 24 heavy (non-hydrogen) atoms. The van der Waals surface area contributed by atoms with Crippen molar-refractivity contribution in [2.24, 2.45) is 0 Å². The molecule has 0 aromatic carbocycles. The summed E-state index contributed by atoms with van der Waals surface area (Å²) in [5.74, 6) is 6.03. The van der Waals surface area contributed by atoms with Crippen molar-refractivity contribution in [2.75, 3.05) is 7.05 Å². The van der Waals surface area contributed by atoms with Gasteiger partial charge in [0.25, 0.3) is 0 Å². The lowest BCUT2D eigenvalue weighted by Crippen LogP contribution is -2.37. The molecule has 0 bridgehead atoms. The Morgan fingerprint density at radius 2 is 1.96 bits per heavy atom. The van der Waals surface area contributed by atoms with Crippen LogP contribution in [0.2, 0.25) is 5.15 Å². The van der Waals surface area contributed by atoms with Crippen LogP contribution in [0.5, 0.6) is 0 Å². The molecule has 4 nitrogen and oxygen atoms in total. The van der Waals surface area contributed by atoms with Crippen LogP contribution in [0, 0.1) is 11.8 Å². The van der Waals surface area contributed by atoms with Crippen LogP contribution in [-0.2, 0) is 4.79 Å². The van der Waals surface area contributed by atoms with Crippen molar-refractivity contribution in [2.45, 2.75) is 31.7 Å². The maximum absolute atomic E-state index is 12.4. The number of hydrogen-bond donors (Lipinski definition) is 0. The SMILES string of the molecule is CN1C(=O)[C@H](c2ccc(C#Cc3ccnc(Cl)c3)cn2)CC1(C)C. The Morgan fingerprint density at radius 3 is 2.54 bits per heavy atom. The molecule has 1 amide bonds. The van der Waals surface area contributed by atoms with Crippen LogP contribution < -0.4 is 0 Å².